The summed E-state index contributed by atoms with van der Waals surface area (Å²) in [5.74, 6) is 25.3. The predicted octanol–water partition coefficient (Wildman–Crippen LogP) is 39.4. The Morgan fingerprint density at radius 3 is 1.12 bits per heavy atom. The van der Waals surface area contributed by atoms with Gasteiger partial charge in [0.25, 0.3) is 0 Å². The van der Waals surface area contributed by atoms with E-state index in [-0.39, 0.29) is 18.3 Å². The van der Waals surface area contributed by atoms with Crippen molar-refractivity contribution in [2.75, 3.05) is 0 Å². The maximum Gasteiger partial charge on any atom is 0.156 e. The van der Waals surface area contributed by atoms with Gasteiger partial charge in [0.05, 0.1) is 0 Å². The molecule has 146 heavy (non-hydrogen) atoms. The van der Waals surface area contributed by atoms with Crippen molar-refractivity contribution in [1.29, 1.82) is 0 Å². The van der Waals surface area contributed by atoms with Gasteiger partial charge in [-0.3, -0.25) is 24.0 Å². The number of ketones is 5. The number of hydrogen-bond acceptors (Lipinski definition) is 5. The van der Waals surface area contributed by atoms with Crippen molar-refractivity contribution in [1.82, 2.24) is 0 Å². The van der Waals surface area contributed by atoms with Gasteiger partial charge in [0.15, 0.2) is 17.3 Å². The van der Waals surface area contributed by atoms with Crippen molar-refractivity contribution in [2.24, 2.45) is 226 Å². The van der Waals surface area contributed by atoms with Crippen molar-refractivity contribution in [3.63, 3.8) is 0 Å². The first-order valence-electron chi connectivity index (χ1n) is 63.0. The van der Waals surface area contributed by atoms with E-state index in [1.165, 1.54) is 274 Å². The van der Waals surface area contributed by atoms with E-state index in [0.717, 1.165) is 214 Å². The SMILES string of the molecule is C.C=CC(C)CCCC(C)[C@H]1CCC2C3=CCC4=CC(=O)CC[C@]4(C)C3CC[C@@]21C.C=CC(C)CCCC(C)[C@H]1CCC2C3=CCC4CC(=O)CC[C@]4(C)C3CC[C@@]21C.C=CC(C)CCCC(C)[C@H]1CCC2C3C=CC4=CC(=O)CC[C@]4(C)C3CC[C@@]21C.C=CC(C)CCCC(C)[C@H]1CCC2C3CCC4=CC(=O)CC[C@]4(C)C3CC[C@@]21C.CCC(C)CCCC(C)[C@H]1CCC2C3=CCC4CC(=O)CC[C@]4(C)C3CC[C@@]21C. The molecule has 0 bridgehead atoms. The van der Waals surface area contributed by atoms with E-state index < -0.39 is 0 Å². The van der Waals surface area contributed by atoms with Crippen LogP contribution in [0.5, 0.6) is 0 Å². The Bertz CT molecular complexity index is 4800. The highest BCUT2D eigenvalue weighted by Gasteiger charge is 2.66. The van der Waals surface area contributed by atoms with Crippen LogP contribution in [0.3, 0.4) is 0 Å². The Hall–Kier alpha value is -4.51. The molecule has 20 rings (SSSR count). The third-order valence-electron chi connectivity index (χ3n) is 51.4. The van der Waals surface area contributed by atoms with Crippen LogP contribution in [0.1, 0.15) is 493 Å². The lowest BCUT2D eigenvalue weighted by Crippen LogP contribution is -2.50. The van der Waals surface area contributed by atoms with Crippen molar-refractivity contribution >= 4 is 28.9 Å². The molecular weight excluding hydrogens is 1770 g/mol. The van der Waals surface area contributed by atoms with Gasteiger partial charge in [-0.1, -0.05) is 312 Å². The molecule has 20 aliphatic carbocycles. The number of carbonyl (C=O) groups is 5. The van der Waals surface area contributed by atoms with E-state index in [1.54, 1.807) is 5.57 Å². The lowest BCUT2D eigenvalue weighted by atomic mass is 9.46. The minimum absolute atomic E-state index is 0. The van der Waals surface area contributed by atoms with Crippen molar-refractivity contribution < 1.29 is 24.0 Å². The van der Waals surface area contributed by atoms with Crippen LogP contribution in [-0.4, -0.2) is 28.9 Å². The summed E-state index contributed by atoms with van der Waals surface area (Å²) in [5, 5.41) is 0. The van der Waals surface area contributed by atoms with Crippen LogP contribution in [0.15, 0.2) is 133 Å². The maximum absolute atomic E-state index is 12.1. The molecule has 24 unspecified atom stereocenters. The van der Waals surface area contributed by atoms with Gasteiger partial charge in [-0.05, 0) is 468 Å². The fourth-order valence-corrected chi connectivity index (χ4v) is 41.4. The highest BCUT2D eigenvalue weighted by molar-refractivity contribution is 5.93. The van der Waals surface area contributed by atoms with Crippen molar-refractivity contribution in [2.45, 2.75) is 493 Å². The Labute approximate surface area is 898 Å². The maximum atomic E-state index is 12.1. The summed E-state index contributed by atoms with van der Waals surface area (Å²) >= 11 is 0. The summed E-state index contributed by atoms with van der Waals surface area (Å²) in [4.78, 5) is 60.2. The Morgan fingerprint density at radius 2 is 0.678 bits per heavy atom. The first-order valence-corrected chi connectivity index (χ1v) is 63.0. The zero-order chi connectivity index (χ0) is 104. The molecule has 5 heteroatoms. The molecule has 20 aliphatic rings. The van der Waals surface area contributed by atoms with Crippen LogP contribution in [0.4, 0.5) is 0 Å². The third kappa shape index (κ3) is 22.4. The molecule has 0 aromatic heterocycles. The Kier molecular flexibility index (Phi) is 37.4. The van der Waals surface area contributed by atoms with E-state index >= 15 is 0 Å². The van der Waals surface area contributed by atoms with Crippen molar-refractivity contribution in [3.8, 4) is 0 Å². The average molecular weight is 2000 g/mol. The van der Waals surface area contributed by atoms with E-state index in [2.05, 4.69) is 232 Å². The van der Waals surface area contributed by atoms with Crippen LogP contribution >= 0.6 is 0 Å². The van der Waals surface area contributed by atoms with E-state index in [1.807, 2.05) is 23.3 Å². The number of carbonyl (C=O) groups excluding carboxylic acids is 5. The molecule has 816 valence electrons. The molecule has 39 atom stereocenters. The van der Waals surface area contributed by atoms with Gasteiger partial charge in [-0.2, -0.15) is 0 Å². The van der Waals surface area contributed by atoms with Gasteiger partial charge in [-0.25, -0.2) is 0 Å². The standard InChI is InChI=1S/C28H46O.2C28H44O.2C28H42O.CH4/c5*1-6-19(2)8-7-9-20(3)24-12-13-25-23-11-10-21-18-22(29)14-16-27(21,4)26(23)15-17-28(24,25)5;/h11,19-21,24-26H,6-10,12-18H2,1-5H3;6,18-20,23-26H,1,7-17H2,2-5H3;6,11,19-21,24-26H,1,7-10,12-18H2,2-5H3;6,11,18-20,24-26H,1,7-10,12-17H2,2-5H3;6,10-11,18-20,23-26H,1,7-9,12-17H2,2-5H3;1H4/t19?,20?,21?,24-,25?,26?,27+,28-;19?,20?,23?,24-,25?,26?,27+,28-;19?,20?,21?,24-,25?,26?,27+,28-;19?,20?,24-,25?,26?,27+,28-;19?,20?,23?,24-,25?,26?,27+,28-;/m11111./s1. The molecule has 0 radical (unpaired) electrons. The van der Waals surface area contributed by atoms with Crippen LogP contribution in [0, 0.1) is 226 Å². The van der Waals surface area contributed by atoms with E-state index in [4.69, 9.17) is 0 Å². The molecule has 0 aromatic carbocycles. The number of fused-ring (bicyclic) bond motifs is 25. The molecule has 0 spiro atoms. The van der Waals surface area contributed by atoms with E-state index in [9.17, 15) is 24.0 Å². The second kappa shape index (κ2) is 47.3. The second-order valence-corrected chi connectivity index (χ2v) is 58.7. The minimum Gasteiger partial charge on any atom is -0.300 e. The van der Waals surface area contributed by atoms with Crippen LogP contribution in [0.2, 0.25) is 0 Å². The highest BCUT2D eigenvalue weighted by Crippen LogP contribution is 2.74. The normalized spacial score (nSPS) is 42.7. The summed E-state index contributed by atoms with van der Waals surface area (Å²) in [6.07, 6.45) is 94.2. The first-order chi connectivity index (χ1) is 69.0. The van der Waals surface area contributed by atoms with E-state index in [0.29, 0.717) is 114 Å². The zero-order valence-corrected chi connectivity index (χ0v) is 97.5. The first kappa shape index (κ1) is 116. The average Bonchev–Trinajstić information content (AvgIpc) is 1.39. The van der Waals surface area contributed by atoms with Gasteiger partial charge in [0.2, 0.25) is 0 Å². The van der Waals surface area contributed by atoms with Gasteiger partial charge in [0, 0.05) is 44.9 Å². The molecule has 0 heterocycles. The summed E-state index contributed by atoms with van der Waals surface area (Å²) < 4.78 is 0. The zero-order valence-electron chi connectivity index (χ0n) is 97.5. The lowest BCUT2D eigenvalue weighted by Gasteiger charge is -2.58. The quantitative estimate of drug-likeness (QED) is 0.0669. The van der Waals surface area contributed by atoms with Gasteiger partial charge in [-0.15, -0.1) is 26.3 Å². The summed E-state index contributed by atoms with van der Waals surface area (Å²) in [6.45, 7) is 68.3. The molecule has 5 nitrogen and oxygen atoms in total. The topological polar surface area (TPSA) is 85.3 Å². The lowest BCUT2D eigenvalue weighted by molar-refractivity contribution is -0.127. The molecule has 13 fully saturated rings. The molecule has 0 saturated heterocycles. The van der Waals surface area contributed by atoms with Crippen LogP contribution < -0.4 is 0 Å². The van der Waals surface area contributed by atoms with Crippen molar-refractivity contribution in [3.05, 3.63) is 133 Å². The Morgan fingerprint density at radius 1 is 0.322 bits per heavy atom. The smallest absolute Gasteiger partial charge is 0.156 e. The predicted molar refractivity (Wildman–Crippen MR) is 620 cm³/mol. The van der Waals surface area contributed by atoms with Gasteiger partial charge < -0.3 is 0 Å². The fourth-order valence-electron chi connectivity index (χ4n) is 41.4. The highest BCUT2D eigenvalue weighted by atomic mass is 16.1. The third-order valence-corrected chi connectivity index (χ3v) is 51.4. The number of allylic oxidation sites excluding steroid dienone is 17. The monoisotopic (exact) mass is 2000 g/mol. The van der Waals surface area contributed by atoms with Gasteiger partial charge >= 0.3 is 0 Å². The van der Waals surface area contributed by atoms with Gasteiger partial charge in [0.1, 0.15) is 11.6 Å². The molecule has 0 amide bonds. The number of Topliss-reactive ketones (excluding diaryl/α,β-unsaturated/α-hetero) is 2. The largest absolute Gasteiger partial charge is 0.300 e. The molecule has 0 aliphatic heterocycles. The van der Waals surface area contributed by atoms with Crippen LogP contribution in [-0.2, 0) is 24.0 Å². The molecule has 13 saturated carbocycles. The fraction of sp³-hybridized carbons (Fsp3) is 0.809. The summed E-state index contributed by atoms with van der Waals surface area (Å²) in [6, 6.07) is 0. The number of rotatable bonds is 30. The van der Waals surface area contributed by atoms with Crippen LogP contribution in [0.25, 0.3) is 0 Å². The summed E-state index contributed by atoms with van der Waals surface area (Å²) in [5.41, 5.74) is 14.0. The Balaban J connectivity index is 0.000000137. The molecule has 0 N–H and O–H groups in total. The second-order valence-electron chi connectivity index (χ2n) is 58.7. The minimum atomic E-state index is 0. The molecule has 0 aromatic rings. The summed E-state index contributed by atoms with van der Waals surface area (Å²) in [7, 11) is 0. The molecular formula is C141H222O5. The number of hydrogen-bond donors (Lipinski definition) is 0.